The van der Waals surface area contributed by atoms with Gasteiger partial charge in [-0.1, -0.05) is 20.8 Å². The lowest BCUT2D eigenvalue weighted by atomic mass is 9.98. The Bertz CT molecular complexity index is 595. The molecule has 17 heavy (non-hydrogen) atoms. The van der Waals surface area contributed by atoms with E-state index in [0.717, 1.165) is 11.1 Å². The molecule has 0 unspecified atom stereocenters. The van der Waals surface area contributed by atoms with Crippen molar-refractivity contribution in [3.63, 3.8) is 0 Å². The molecule has 2 rings (SSSR count). The van der Waals surface area contributed by atoms with Gasteiger partial charge in [-0.25, -0.2) is 4.98 Å². The van der Waals surface area contributed by atoms with Crippen LogP contribution in [0.3, 0.4) is 0 Å². The quantitative estimate of drug-likeness (QED) is 0.811. The van der Waals surface area contributed by atoms with Crippen LogP contribution in [-0.2, 0) is 5.41 Å². The highest BCUT2D eigenvalue weighted by Crippen LogP contribution is 2.28. The highest BCUT2D eigenvalue weighted by atomic mass is 32.1. The van der Waals surface area contributed by atoms with Crippen molar-refractivity contribution in [1.82, 2.24) is 15.0 Å². The van der Waals surface area contributed by atoms with Gasteiger partial charge in [0.15, 0.2) is 5.82 Å². The highest BCUT2D eigenvalue weighted by Gasteiger charge is 2.19. The monoisotopic (exact) mass is 251 g/mol. The molecule has 0 bridgehead atoms. The van der Waals surface area contributed by atoms with Crippen LogP contribution in [0.25, 0.3) is 11.5 Å². The van der Waals surface area contributed by atoms with Gasteiger partial charge >= 0.3 is 0 Å². The van der Waals surface area contributed by atoms with Gasteiger partial charge < -0.3 is 10.1 Å². The number of nitrogens with zero attached hydrogens (tertiary/aromatic N) is 2. The molecular formula is C11H13N3O2S. The summed E-state index contributed by atoms with van der Waals surface area (Å²) in [6.45, 7) is 6.19. The molecule has 6 heteroatoms. The van der Waals surface area contributed by atoms with Crippen LogP contribution in [0, 0.1) is 0 Å². The predicted octanol–water partition coefficient (Wildman–Crippen LogP) is 1.90. The number of thiazole rings is 1. The fourth-order valence-electron chi connectivity index (χ4n) is 1.29. The molecule has 0 saturated carbocycles. The van der Waals surface area contributed by atoms with E-state index in [4.69, 9.17) is 0 Å². The van der Waals surface area contributed by atoms with Crippen LogP contribution in [0.5, 0.6) is 5.88 Å². The van der Waals surface area contributed by atoms with Gasteiger partial charge in [-0.05, 0) is 0 Å². The van der Waals surface area contributed by atoms with E-state index >= 15 is 0 Å². The van der Waals surface area contributed by atoms with Gasteiger partial charge in [0.1, 0.15) is 5.69 Å². The Morgan fingerprint density at radius 1 is 1.35 bits per heavy atom. The van der Waals surface area contributed by atoms with E-state index in [0.29, 0.717) is 11.5 Å². The fraction of sp³-hybridized carbons (Fsp3) is 0.364. The first kappa shape index (κ1) is 11.8. The number of aromatic nitrogens is 3. The van der Waals surface area contributed by atoms with Crippen LogP contribution in [-0.4, -0.2) is 20.1 Å². The Labute approximate surface area is 102 Å². The van der Waals surface area contributed by atoms with E-state index in [1.807, 2.05) is 5.38 Å². The molecule has 0 aliphatic carbocycles. The smallest absolute Gasteiger partial charge is 0.255 e. The summed E-state index contributed by atoms with van der Waals surface area (Å²) in [6, 6.07) is 1.03. The van der Waals surface area contributed by atoms with Crippen LogP contribution in [0.1, 0.15) is 25.8 Å². The zero-order valence-electron chi connectivity index (χ0n) is 9.81. The van der Waals surface area contributed by atoms with Crippen molar-refractivity contribution in [1.29, 1.82) is 0 Å². The number of H-pyrrole nitrogens is 1. The SMILES string of the molecule is CC(C)(C)c1nc(-c2nc(O)cc(=O)[nH]2)cs1. The van der Waals surface area contributed by atoms with E-state index in [1.54, 1.807) is 0 Å². The van der Waals surface area contributed by atoms with Gasteiger partial charge in [-0.15, -0.1) is 11.3 Å². The van der Waals surface area contributed by atoms with Crippen molar-refractivity contribution >= 4 is 11.3 Å². The number of hydrogen-bond donors (Lipinski definition) is 2. The third-order valence-electron chi connectivity index (χ3n) is 2.12. The normalized spacial score (nSPS) is 11.7. The van der Waals surface area contributed by atoms with E-state index in [9.17, 15) is 9.90 Å². The second-order valence-electron chi connectivity index (χ2n) is 4.74. The summed E-state index contributed by atoms with van der Waals surface area (Å²) in [5, 5.41) is 12.0. The third kappa shape index (κ3) is 2.52. The fourth-order valence-corrected chi connectivity index (χ4v) is 2.19. The van der Waals surface area contributed by atoms with E-state index in [1.165, 1.54) is 11.3 Å². The van der Waals surface area contributed by atoms with Gasteiger partial charge in [0.25, 0.3) is 5.56 Å². The van der Waals surface area contributed by atoms with Crippen molar-refractivity contribution in [3.05, 3.63) is 26.8 Å². The van der Waals surface area contributed by atoms with Crippen molar-refractivity contribution < 1.29 is 5.11 Å². The summed E-state index contributed by atoms with van der Waals surface area (Å²) < 4.78 is 0. The summed E-state index contributed by atoms with van der Waals surface area (Å²) in [5.74, 6) is -0.00388. The van der Waals surface area contributed by atoms with Crippen LogP contribution in [0.2, 0.25) is 0 Å². The molecule has 0 aliphatic heterocycles. The van der Waals surface area contributed by atoms with E-state index in [2.05, 4.69) is 35.7 Å². The standard InChI is InChI=1S/C11H13N3O2S/c1-11(2,3)10-12-6(5-17-10)9-13-7(15)4-8(16)14-9/h4-5H,1-3H3,(H2,13,14,15,16). The molecule has 0 spiro atoms. The van der Waals surface area contributed by atoms with Crippen LogP contribution in [0.4, 0.5) is 0 Å². The summed E-state index contributed by atoms with van der Waals surface area (Å²) in [4.78, 5) is 22.0. The lowest BCUT2D eigenvalue weighted by molar-refractivity contribution is 0.452. The third-order valence-corrected chi connectivity index (χ3v) is 3.38. The maximum Gasteiger partial charge on any atom is 0.255 e. The highest BCUT2D eigenvalue weighted by molar-refractivity contribution is 7.10. The summed E-state index contributed by atoms with van der Waals surface area (Å²) >= 11 is 1.51. The molecule has 2 aromatic rings. The minimum absolute atomic E-state index is 0.0416. The number of aromatic hydroxyl groups is 1. The molecule has 2 heterocycles. The minimum atomic E-state index is -0.391. The van der Waals surface area contributed by atoms with Gasteiger partial charge in [0.2, 0.25) is 5.88 Å². The van der Waals surface area contributed by atoms with Gasteiger partial charge in [-0.2, -0.15) is 4.98 Å². The number of rotatable bonds is 1. The van der Waals surface area contributed by atoms with E-state index < -0.39 is 5.56 Å². The number of aromatic amines is 1. The Kier molecular flexibility index (Phi) is 2.74. The topological polar surface area (TPSA) is 78.9 Å². The van der Waals surface area contributed by atoms with Crippen molar-refractivity contribution in [2.45, 2.75) is 26.2 Å². The zero-order valence-corrected chi connectivity index (χ0v) is 10.6. The lowest BCUT2D eigenvalue weighted by Gasteiger charge is -2.13. The molecule has 0 aliphatic rings. The molecule has 0 saturated heterocycles. The van der Waals surface area contributed by atoms with Crippen LogP contribution >= 0.6 is 11.3 Å². The second kappa shape index (κ2) is 3.96. The molecule has 0 radical (unpaired) electrons. The number of hydrogen-bond acceptors (Lipinski definition) is 5. The van der Waals surface area contributed by atoms with E-state index in [-0.39, 0.29) is 11.3 Å². The van der Waals surface area contributed by atoms with Crippen LogP contribution < -0.4 is 5.56 Å². The average molecular weight is 251 g/mol. The molecule has 0 aromatic carbocycles. The van der Waals surface area contributed by atoms with Crippen molar-refractivity contribution in [2.24, 2.45) is 0 Å². The predicted molar refractivity (Wildman–Crippen MR) is 66.3 cm³/mol. The zero-order chi connectivity index (χ0) is 12.6. The minimum Gasteiger partial charge on any atom is -0.493 e. The van der Waals surface area contributed by atoms with Crippen molar-refractivity contribution in [3.8, 4) is 17.4 Å². The Morgan fingerprint density at radius 3 is 2.59 bits per heavy atom. The largest absolute Gasteiger partial charge is 0.493 e. The summed E-state index contributed by atoms with van der Waals surface area (Å²) in [7, 11) is 0. The average Bonchev–Trinajstić information content (AvgIpc) is 2.63. The van der Waals surface area contributed by atoms with Gasteiger partial charge in [0.05, 0.1) is 11.1 Å². The first-order chi connectivity index (χ1) is 7.86. The van der Waals surface area contributed by atoms with Crippen molar-refractivity contribution in [2.75, 3.05) is 0 Å². The molecule has 5 nitrogen and oxygen atoms in total. The maximum atomic E-state index is 11.2. The Hall–Kier alpha value is -1.69. The second-order valence-corrected chi connectivity index (χ2v) is 5.60. The van der Waals surface area contributed by atoms with Crippen LogP contribution in [0.15, 0.2) is 16.2 Å². The number of nitrogens with one attached hydrogen (secondary N) is 1. The first-order valence-electron chi connectivity index (χ1n) is 5.13. The Morgan fingerprint density at radius 2 is 2.06 bits per heavy atom. The molecule has 2 aromatic heterocycles. The Balaban J connectivity index is 2.47. The molecule has 2 N–H and O–H groups in total. The summed E-state index contributed by atoms with van der Waals surface area (Å²) in [6.07, 6.45) is 0. The molecule has 90 valence electrons. The lowest BCUT2D eigenvalue weighted by Crippen LogP contribution is -2.11. The molecule has 0 amide bonds. The maximum absolute atomic E-state index is 11.2. The molecule has 0 atom stereocenters. The van der Waals surface area contributed by atoms with Gasteiger partial charge in [-0.3, -0.25) is 4.79 Å². The van der Waals surface area contributed by atoms with Gasteiger partial charge in [0, 0.05) is 10.8 Å². The molecule has 0 fully saturated rings. The first-order valence-corrected chi connectivity index (χ1v) is 6.01. The summed E-state index contributed by atoms with van der Waals surface area (Å²) in [5.41, 5.74) is 0.144. The molecular weight excluding hydrogens is 238 g/mol.